The van der Waals surface area contributed by atoms with Gasteiger partial charge in [0.1, 0.15) is 22.5 Å². The summed E-state index contributed by atoms with van der Waals surface area (Å²) >= 11 is 0. The Kier molecular flexibility index (Phi) is 9.52. The Morgan fingerprint density at radius 1 is 0.870 bits per heavy atom. The normalized spacial score (nSPS) is 14.5. The average molecular weight is 643 g/mol. The molecule has 1 aliphatic heterocycles. The second kappa shape index (κ2) is 13.5. The van der Waals surface area contributed by atoms with Crippen LogP contribution in [0, 0.1) is 0 Å². The predicted octanol–water partition coefficient (Wildman–Crippen LogP) is 5.22. The zero-order valence-corrected chi connectivity index (χ0v) is 27.4. The van der Waals surface area contributed by atoms with E-state index in [4.69, 9.17) is 9.47 Å². The summed E-state index contributed by atoms with van der Waals surface area (Å²) in [5.74, 6) is 0.453. The van der Waals surface area contributed by atoms with Crippen LogP contribution in [0.3, 0.4) is 0 Å². The lowest BCUT2D eigenvalue weighted by Gasteiger charge is -2.21. The first-order valence-corrected chi connectivity index (χ1v) is 16.3. The molecule has 1 fully saturated rings. The van der Waals surface area contributed by atoms with E-state index in [9.17, 15) is 18.0 Å². The zero-order chi connectivity index (χ0) is 33.0. The van der Waals surface area contributed by atoms with Crippen LogP contribution in [0.15, 0.2) is 95.9 Å². The lowest BCUT2D eigenvalue weighted by atomic mass is 10.0. The Hall–Kier alpha value is -5.03. The van der Waals surface area contributed by atoms with Gasteiger partial charge in [0.05, 0.1) is 24.9 Å². The molecule has 0 spiro atoms. The zero-order valence-electron chi connectivity index (χ0n) is 26.6. The molecule has 1 atom stereocenters. The lowest BCUT2D eigenvalue weighted by Crippen LogP contribution is -2.32. The van der Waals surface area contributed by atoms with Crippen molar-refractivity contribution in [2.24, 2.45) is 0 Å². The first-order chi connectivity index (χ1) is 22.0. The number of rotatable bonds is 10. The molecule has 4 aromatic rings. The number of nitrogens with one attached hydrogen (secondary N) is 1. The monoisotopic (exact) mass is 642 g/mol. The molecule has 240 valence electrons. The van der Waals surface area contributed by atoms with Crippen LogP contribution in [0.2, 0.25) is 0 Å². The molecule has 10 nitrogen and oxygen atoms in total. The molecule has 0 unspecified atom stereocenters. The quantitative estimate of drug-likeness (QED) is 0.253. The van der Waals surface area contributed by atoms with E-state index < -0.39 is 10.0 Å². The summed E-state index contributed by atoms with van der Waals surface area (Å²) < 4.78 is 41.6. The summed E-state index contributed by atoms with van der Waals surface area (Å²) in [6, 6.07) is 26.1. The molecule has 2 amide bonds. The maximum atomic E-state index is 13.7. The fourth-order valence-corrected chi connectivity index (χ4v) is 6.66. The van der Waals surface area contributed by atoms with Gasteiger partial charge in [0.25, 0.3) is 21.8 Å². The van der Waals surface area contributed by atoms with Gasteiger partial charge in [-0.05, 0) is 59.7 Å². The fraction of sp³-hybridized carbons (Fsp3) is 0.257. The van der Waals surface area contributed by atoms with Gasteiger partial charge in [-0.15, -0.1) is 0 Å². The first-order valence-electron chi connectivity index (χ1n) is 14.8. The van der Waals surface area contributed by atoms with E-state index in [1.807, 2.05) is 49.3 Å². The topological polar surface area (TPSA) is 108 Å². The molecule has 0 saturated carbocycles. The van der Waals surface area contributed by atoms with E-state index in [0.717, 1.165) is 5.69 Å². The molecule has 1 aliphatic rings. The van der Waals surface area contributed by atoms with Crippen LogP contribution in [0.5, 0.6) is 11.5 Å². The van der Waals surface area contributed by atoms with Gasteiger partial charge in [-0.3, -0.25) is 14.3 Å². The highest BCUT2D eigenvalue weighted by Gasteiger charge is 2.30. The molecule has 11 heteroatoms. The summed E-state index contributed by atoms with van der Waals surface area (Å²) in [7, 11) is 4.48. The maximum Gasteiger partial charge on any atom is 0.265 e. The molecule has 4 aromatic carbocycles. The SMILES string of the molecule is COc1ccc(-c2cccc(C(=O)N(C)C)c2)cc1S(=O)(=O)Nc1cccc(O[C@H]2CCN(C(=O)c3ccccc3N(C)C)C2)c1. The standard InChI is InChI=1S/C35H38N4O6S/c1-37(2)31-15-7-6-14-30(31)35(41)39-19-18-29(23-39)45-28-13-9-12-27(22-28)36-46(42,43)33-21-25(16-17-32(33)44-5)24-10-8-11-26(20-24)34(40)38(3)4/h6-17,20-22,29,36H,18-19,23H2,1-5H3/t29-/m0/s1. The second-order valence-corrected chi connectivity index (χ2v) is 13.1. The molecular weight excluding hydrogens is 604 g/mol. The first kappa shape index (κ1) is 32.4. The van der Waals surface area contributed by atoms with Gasteiger partial charge in [0.2, 0.25) is 0 Å². The van der Waals surface area contributed by atoms with Crippen molar-refractivity contribution in [3.8, 4) is 22.6 Å². The number of anilines is 2. The molecule has 5 rings (SSSR count). The number of amides is 2. The van der Waals surface area contributed by atoms with Crippen LogP contribution in [0.1, 0.15) is 27.1 Å². The molecule has 1 saturated heterocycles. The number of hydrogen-bond donors (Lipinski definition) is 1. The van der Waals surface area contributed by atoms with Crippen LogP contribution < -0.4 is 19.1 Å². The van der Waals surface area contributed by atoms with Gasteiger partial charge >= 0.3 is 0 Å². The lowest BCUT2D eigenvalue weighted by molar-refractivity contribution is 0.0772. The number of ether oxygens (including phenoxy) is 2. The van der Waals surface area contributed by atoms with E-state index in [-0.39, 0.29) is 28.6 Å². The van der Waals surface area contributed by atoms with Crippen molar-refractivity contribution >= 4 is 33.2 Å². The highest BCUT2D eigenvalue weighted by Crippen LogP contribution is 2.33. The number of para-hydroxylation sites is 1. The molecule has 0 radical (unpaired) electrons. The number of sulfonamides is 1. The van der Waals surface area contributed by atoms with Gasteiger partial charge in [0, 0.05) is 58.5 Å². The number of carbonyl (C=O) groups excluding carboxylic acids is 2. The summed E-state index contributed by atoms with van der Waals surface area (Å²) in [4.78, 5) is 30.9. The van der Waals surface area contributed by atoms with Crippen molar-refractivity contribution in [2.75, 3.05) is 58.0 Å². The maximum absolute atomic E-state index is 13.7. The molecule has 1 heterocycles. The third kappa shape index (κ3) is 7.10. The Balaban J connectivity index is 1.31. The van der Waals surface area contributed by atoms with Crippen molar-refractivity contribution in [3.63, 3.8) is 0 Å². The minimum Gasteiger partial charge on any atom is -0.495 e. The minimum atomic E-state index is -4.09. The van der Waals surface area contributed by atoms with Gasteiger partial charge in [-0.2, -0.15) is 0 Å². The Labute approximate surface area is 270 Å². The van der Waals surface area contributed by atoms with Crippen molar-refractivity contribution in [3.05, 3.63) is 102 Å². The van der Waals surface area contributed by atoms with Crippen molar-refractivity contribution in [2.45, 2.75) is 17.4 Å². The van der Waals surface area contributed by atoms with Crippen LogP contribution in [0.4, 0.5) is 11.4 Å². The van der Waals surface area contributed by atoms with E-state index in [0.29, 0.717) is 53.2 Å². The number of benzene rings is 4. The van der Waals surface area contributed by atoms with E-state index in [2.05, 4.69) is 4.72 Å². The third-order valence-electron chi connectivity index (χ3n) is 7.74. The average Bonchev–Trinajstić information content (AvgIpc) is 3.52. The molecular formula is C35H38N4O6S. The van der Waals surface area contributed by atoms with Crippen molar-refractivity contribution < 1.29 is 27.5 Å². The van der Waals surface area contributed by atoms with Gasteiger partial charge in [-0.1, -0.05) is 36.4 Å². The smallest absolute Gasteiger partial charge is 0.265 e. The third-order valence-corrected chi connectivity index (χ3v) is 9.14. The van der Waals surface area contributed by atoms with E-state index in [1.165, 1.54) is 18.1 Å². The minimum absolute atomic E-state index is 0.0499. The number of methoxy groups -OCH3 is 1. The van der Waals surface area contributed by atoms with Crippen LogP contribution in [0.25, 0.3) is 11.1 Å². The van der Waals surface area contributed by atoms with Gasteiger partial charge < -0.3 is 24.2 Å². The van der Waals surface area contributed by atoms with Crippen LogP contribution in [-0.2, 0) is 10.0 Å². The molecule has 0 aromatic heterocycles. The van der Waals surface area contributed by atoms with E-state index in [1.54, 1.807) is 73.6 Å². The molecule has 46 heavy (non-hydrogen) atoms. The second-order valence-electron chi connectivity index (χ2n) is 11.5. The number of carbonyl (C=O) groups is 2. The highest BCUT2D eigenvalue weighted by molar-refractivity contribution is 7.92. The van der Waals surface area contributed by atoms with Gasteiger partial charge in [0.15, 0.2) is 0 Å². The van der Waals surface area contributed by atoms with Gasteiger partial charge in [-0.25, -0.2) is 8.42 Å². The van der Waals surface area contributed by atoms with Crippen LogP contribution in [-0.4, -0.2) is 84.5 Å². The number of hydrogen-bond acceptors (Lipinski definition) is 7. The molecule has 1 N–H and O–H groups in total. The highest BCUT2D eigenvalue weighted by atomic mass is 32.2. The molecule has 0 aliphatic carbocycles. The summed E-state index contributed by atoms with van der Waals surface area (Å²) in [6.07, 6.45) is 0.409. The predicted molar refractivity (Wildman–Crippen MR) is 179 cm³/mol. The van der Waals surface area contributed by atoms with Crippen molar-refractivity contribution in [1.29, 1.82) is 0 Å². The fourth-order valence-electron chi connectivity index (χ4n) is 5.42. The largest absolute Gasteiger partial charge is 0.495 e. The number of nitrogens with zero attached hydrogens (tertiary/aromatic N) is 3. The summed E-state index contributed by atoms with van der Waals surface area (Å²) in [5, 5.41) is 0. The number of likely N-dealkylation sites (tertiary alicyclic amines) is 1. The molecule has 0 bridgehead atoms. The Bertz CT molecular complexity index is 1860. The Morgan fingerprint density at radius 2 is 1.61 bits per heavy atom. The van der Waals surface area contributed by atoms with E-state index >= 15 is 0 Å². The summed E-state index contributed by atoms with van der Waals surface area (Å²) in [6.45, 7) is 0.974. The van der Waals surface area contributed by atoms with Crippen molar-refractivity contribution in [1.82, 2.24) is 9.80 Å². The van der Waals surface area contributed by atoms with Crippen LogP contribution >= 0.6 is 0 Å². The Morgan fingerprint density at radius 3 is 2.35 bits per heavy atom. The summed E-state index contributed by atoms with van der Waals surface area (Å²) in [5.41, 5.74) is 3.60.